The number of hydrogen-bond acceptors (Lipinski definition) is 14. The Balaban J connectivity index is 0.000000135. The molecule has 0 atom stereocenters. The van der Waals surface area contributed by atoms with Crippen LogP contribution in [0, 0.1) is 35.8 Å². The Morgan fingerprint density at radius 1 is 0.494 bits per heavy atom. The monoisotopic (exact) mass is 1020 g/mol. The van der Waals surface area contributed by atoms with Crippen LogP contribution in [0.5, 0.6) is 46.5 Å². The lowest BCUT2D eigenvalue weighted by molar-refractivity contribution is 0.333. The summed E-state index contributed by atoms with van der Waals surface area (Å²) in [5, 5.41) is 17.8. The van der Waals surface area contributed by atoms with E-state index in [1.54, 1.807) is 67.0 Å². The molecule has 0 saturated carbocycles. The van der Waals surface area contributed by atoms with Crippen LogP contribution >= 0.6 is 0 Å². The minimum atomic E-state index is 0. The second-order valence-corrected chi connectivity index (χ2v) is 17.5. The number of benzene rings is 4. The Kier molecular flexibility index (Phi) is 17.8. The number of nitriles is 2. The van der Waals surface area contributed by atoms with Gasteiger partial charge >= 0.3 is 33.5 Å². The summed E-state index contributed by atoms with van der Waals surface area (Å²) >= 11 is 0. The van der Waals surface area contributed by atoms with E-state index in [1.807, 2.05) is 100 Å². The van der Waals surface area contributed by atoms with Crippen LogP contribution in [-0.4, -0.2) is 47.6 Å². The Labute approximate surface area is 449 Å². The van der Waals surface area contributed by atoms with E-state index < -0.39 is 0 Å². The predicted octanol–water partition coefficient (Wildman–Crippen LogP) is 10.4. The predicted molar refractivity (Wildman–Crippen MR) is 296 cm³/mol. The van der Waals surface area contributed by atoms with Crippen LogP contribution in [0.1, 0.15) is 40.8 Å². The Morgan fingerprint density at radius 3 is 1.47 bits per heavy atom. The van der Waals surface area contributed by atoms with E-state index in [0.29, 0.717) is 89.8 Å². The van der Waals surface area contributed by atoms with Gasteiger partial charge in [-0.25, -0.2) is 19.8 Å². The fourth-order valence-electron chi connectivity index (χ4n) is 8.47. The lowest BCUT2D eigenvalue weighted by Gasteiger charge is -2.07. The molecule has 0 amide bonds. The van der Waals surface area contributed by atoms with E-state index in [1.165, 1.54) is 28.0 Å². The largest absolute Gasteiger partial charge is 0.439 e. The molecule has 0 N–H and O–H groups in total. The van der Waals surface area contributed by atoms with Crippen molar-refractivity contribution in [1.82, 2.24) is 19.9 Å². The first-order valence-corrected chi connectivity index (χ1v) is 24.1. The zero-order valence-electron chi connectivity index (χ0n) is 41.8. The van der Waals surface area contributed by atoms with Crippen LogP contribution in [-0.2, 0) is 45.0 Å². The molecule has 16 nitrogen and oxygen atoms in total. The maximum atomic E-state index is 9.00. The molecule has 12 rings (SSSR count). The zero-order chi connectivity index (χ0) is 53.0. The number of ether oxygens (including phenoxy) is 4. The number of aromatic nitrogens is 4. The van der Waals surface area contributed by atoms with Crippen LogP contribution in [0.25, 0.3) is 9.69 Å². The van der Waals surface area contributed by atoms with Gasteiger partial charge < -0.3 is 42.4 Å². The molecular formula is C57H48B4N8O8. The van der Waals surface area contributed by atoms with Crippen molar-refractivity contribution in [1.29, 1.82) is 10.5 Å². The molecule has 4 aliphatic heterocycles. The van der Waals surface area contributed by atoms with E-state index in [-0.39, 0.29) is 35.1 Å². The highest BCUT2D eigenvalue weighted by atomic mass is 16.5. The van der Waals surface area contributed by atoms with E-state index in [0.717, 1.165) is 28.0 Å². The minimum absolute atomic E-state index is 0. The molecule has 376 valence electrons. The van der Waals surface area contributed by atoms with E-state index in [2.05, 4.69) is 41.8 Å². The second-order valence-electron chi connectivity index (χ2n) is 17.5. The molecule has 0 radical (unpaired) electrons. The van der Waals surface area contributed by atoms with Gasteiger partial charge in [0.15, 0.2) is 0 Å². The summed E-state index contributed by atoms with van der Waals surface area (Å²) in [6.07, 6.45) is 4.67. The van der Waals surface area contributed by atoms with Gasteiger partial charge in [0.2, 0.25) is 23.3 Å². The lowest BCUT2D eigenvalue weighted by Crippen LogP contribution is -2.23. The van der Waals surface area contributed by atoms with E-state index in [9.17, 15) is 0 Å². The van der Waals surface area contributed by atoms with Gasteiger partial charge in [0.25, 0.3) is 5.82 Å². The Bertz CT molecular complexity index is 3470. The summed E-state index contributed by atoms with van der Waals surface area (Å²) in [6.45, 7) is 25.0. The maximum absolute atomic E-state index is 9.00. The molecule has 8 heterocycles. The molecule has 4 aliphatic rings. The summed E-state index contributed by atoms with van der Waals surface area (Å²) in [5.74, 6) is 4.83. The van der Waals surface area contributed by atoms with Crippen molar-refractivity contribution in [3.63, 3.8) is 0 Å². The number of pyridine rings is 4. The average Bonchev–Trinajstić information content (AvgIpc) is 4.24. The molecule has 8 aromatic rings. The third kappa shape index (κ3) is 13.5. The molecule has 0 spiro atoms. The molecule has 0 fully saturated rings. The summed E-state index contributed by atoms with van der Waals surface area (Å²) in [7, 11) is 0. The molecule has 77 heavy (non-hydrogen) atoms. The van der Waals surface area contributed by atoms with Crippen molar-refractivity contribution in [2.45, 2.75) is 61.1 Å². The summed E-state index contributed by atoms with van der Waals surface area (Å²) in [5.41, 5.74) is 10.8. The summed E-state index contributed by atoms with van der Waals surface area (Å²) in [4.78, 5) is 22.9. The summed E-state index contributed by atoms with van der Waals surface area (Å²) < 4.78 is 44.9. The van der Waals surface area contributed by atoms with E-state index in [4.69, 9.17) is 61.2 Å². The van der Waals surface area contributed by atoms with Crippen molar-refractivity contribution in [2.75, 3.05) is 0 Å². The van der Waals surface area contributed by atoms with Crippen LogP contribution in [0.4, 0.5) is 11.5 Å². The van der Waals surface area contributed by atoms with Gasteiger partial charge in [-0.2, -0.15) is 10.5 Å². The maximum Gasteiger partial charge on any atom is 0.324 e. The Hall–Kier alpha value is -9.26. The zero-order valence-corrected chi connectivity index (χ0v) is 41.8. The molecule has 0 aliphatic carbocycles. The van der Waals surface area contributed by atoms with Crippen LogP contribution in [0.2, 0.25) is 27.3 Å². The third-order valence-electron chi connectivity index (χ3n) is 12.5. The van der Waals surface area contributed by atoms with Gasteiger partial charge in [-0.1, -0.05) is 76.6 Å². The van der Waals surface area contributed by atoms with Gasteiger partial charge in [0, 0.05) is 30.7 Å². The lowest BCUT2D eigenvalue weighted by atomic mass is 9.64. The number of fused-ring (bicyclic) bond motifs is 4. The smallest absolute Gasteiger partial charge is 0.324 e. The second kappa shape index (κ2) is 25.3. The van der Waals surface area contributed by atoms with Gasteiger partial charge in [0.05, 0.1) is 44.6 Å². The summed E-state index contributed by atoms with van der Waals surface area (Å²) in [6, 6.07) is 42.8. The third-order valence-corrected chi connectivity index (χ3v) is 12.5. The first kappa shape index (κ1) is 54.0. The van der Waals surface area contributed by atoms with Crippen LogP contribution in [0.15, 0.2) is 146 Å². The topological polar surface area (TPSA) is 182 Å². The highest BCUT2D eigenvalue weighted by molar-refractivity contribution is 6.68. The Morgan fingerprint density at radius 2 is 1.00 bits per heavy atom. The van der Waals surface area contributed by atoms with Gasteiger partial charge in [-0.15, -0.1) is 0 Å². The minimum Gasteiger partial charge on any atom is -0.439 e. The SMILES string of the molecule is C.CB1OCc2cc(Oc3cc(C#N)ccn3)ccc21.CB1OCc2cc(Oc3ncccc3C#N)ccc21.[C-]#[N+]c1ccc(Oc2ccc3c(c2)COB3C)nc1.[C-]#[N+]c1cccc(Oc2ccc3c(c2)COB3C)n1. The number of nitrogens with zero attached hydrogens (tertiary/aromatic N) is 8. The highest BCUT2D eigenvalue weighted by Crippen LogP contribution is 2.28. The molecule has 0 unspecified atom stereocenters. The van der Waals surface area contributed by atoms with Crippen molar-refractivity contribution in [2.24, 2.45) is 0 Å². The fourth-order valence-corrected chi connectivity index (χ4v) is 8.47. The fraction of sp³-hybridized carbons (Fsp3) is 0.158. The van der Waals surface area contributed by atoms with Gasteiger partial charge in [-0.3, -0.25) is 0 Å². The van der Waals surface area contributed by atoms with Crippen molar-refractivity contribution < 1.29 is 37.6 Å². The normalized spacial score (nSPS) is 12.8. The number of rotatable bonds is 8. The van der Waals surface area contributed by atoms with E-state index >= 15 is 0 Å². The van der Waals surface area contributed by atoms with Crippen molar-refractivity contribution in [3.8, 4) is 58.7 Å². The average molecular weight is 1020 g/mol. The van der Waals surface area contributed by atoms with Crippen LogP contribution < -0.4 is 40.8 Å². The highest BCUT2D eigenvalue weighted by Gasteiger charge is 2.27. The molecule has 0 bridgehead atoms. The molecular weight excluding hydrogens is 968 g/mol. The van der Waals surface area contributed by atoms with Crippen molar-refractivity contribution in [3.05, 3.63) is 202 Å². The van der Waals surface area contributed by atoms with Gasteiger partial charge in [0.1, 0.15) is 34.6 Å². The van der Waals surface area contributed by atoms with Crippen molar-refractivity contribution >= 4 is 61.0 Å². The molecule has 20 heteroatoms. The first-order valence-electron chi connectivity index (χ1n) is 24.1. The molecule has 4 aromatic heterocycles. The number of hydrogen-bond donors (Lipinski definition) is 0. The van der Waals surface area contributed by atoms with Gasteiger partial charge in [-0.05, 0) is 129 Å². The quantitative estimate of drug-likeness (QED) is 0.104. The molecule has 0 saturated heterocycles. The van der Waals surface area contributed by atoms with Crippen LogP contribution in [0.3, 0.4) is 0 Å². The molecule has 4 aromatic carbocycles. The standard InChI is InChI=1S/4C14H11BN2O2.CH4/c1-15-13-5-4-12(7-10(13)9-18-15)19-14-6-3-11(16-2)8-17-14;1-15-12-7-6-11(8-10(12)9-18-15)19-14-5-3-4-13(16-2)17-14;1-15-13-3-2-12(7-11(13)9-18-15)19-14-6-10(8-16)4-5-17-14;1-15-13-5-4-12(7-11(13)9-18-15)19-14-10(8-16)3-2-6-17-14;/h2*3-8H,9H2,1H3;2*2-7H,9H2,1H3;1H4. The first-order chi connectivity index (χ1) is 37.1.